The van der Waals surface area contributed by atoms with Crippen molar-refractivity contribution in [3.63, 3.8) is 0 Å². The van der Waals surface area contributed by atoms with Gasteiger partial charge in [-0.15, -0.1) is 13.2 Å². The molecule has 0 spiro atoms. The second kappa shape index (κ2) is 3.89. The predicted molar refractivity (Wildman–Crippen MR) is 42.7 cm³/mol. The van der Waals surface area contributed by atoms with Crippen molar-refractivity contribution in [3.8, 4) is 5.88 Å². The molecule has 0 amide bonds. The fourth-order valence-corrected chi connectivity index (χ4v) is 1.07. The lowest BCUT2D eigenvalue weighted by molar-refractivity contribution is -0.277. The lowest BCUT2D eigenvalue weighted by Crippen LogP contribution is -2.19. The molecule has 3 nitrogen and oxygen atoms in total. The molecule has 0 unspecified atom stereocenters. The molecule has 0 N–H and O–H groups in total. The maximum atomic E-state index is 11.9. The Morgan fingerprint density at radius 3 is 2.64 bits per heavy atom. The van der Waals surface area contributed by atoms with Crippen molar-refractivity contribution in [1.29, 1.82) is 0 Å². The van der Waals surface area contributed by atoms with Gasteiger partial charge in [0.05, 0.1) is 0 Å². The number of rotatable bonds is 3. The third-order valence-electron chi connectivity index (χ3n) is 1.60. The van der Waals surface area contributed by atoms with E-state index in [-0.39, 0.29) is 5.88 Å². The molecule has 0 atom stereocenters. The quantitative estimate of drug-likeness (QED) is 0.758. The van der Waals surface area contributed by atoms with Crippen LogP contribution in [0.3, 0.4) is 0 Å². The largest absolute Gasteiger partial charge is 0.574 e. The van der Waals surface area contributed by atoms with Gasteiger partial charge in [0.25, 0.3) is 0 Å². The molecule has 1 aromatic heterocycles. The average molecular weight is 207 g/mol. The molecule has 1 radical (unpaired) electrons. The summed E-state index contributed by atoms with van der Waals surface area (Å²) in [5.41, 5.74) is 0.354. The number of hydrogen-bond donors (Lipinski definition) is 0. The molecular formula is C8H10F3N2O. The highest BCUT2D eigenvalue weighted by Gasteiger charge is 2.33. The van der Waals surface area contributed by atoms with Gasteiger partial charge >= 0.3 is 6.36 Å². The van der Waals surface area contributed by atoms with Crippen LogP contribution in [0, 0.1) is 6.20 Å². The van der Waals surface area contributed by atoms with Crippen molar-refractivity contribution >= 4 is 0 Å². The Hall–Kier alpha value is -1.20. The molecule has 0 aromatic carbocycles. The summed E-state index contributed by atoms with van der Waals surface area (Å²) >= 11 is 0. The van der Waals surface area contributed by atoms with Crippen molar-refractivity contribution in [2.24, 2.45) is 7.05 Å². The highest BCUT2D eigenvalue weighted by molar-refractivity contribution is 5.23. The van der Waals surface area contributed by atoms with Gasteiger partial charge in [0.15, 0.2) is 0 Å². The molecule has 1 heterocycles. The van der Waals surface area contributed by atoms with Crippen LogP contribution in [0.4, 0.5) is 13.2 Å². The normalized spacial score (nSPS) is 11.8. The Morgan fingerprint density at radius 2 is 2.14 bits per heavy atom. The molecule has 6 heteroatoms. The maximum absolute atomic E-state index is 11.9. The number of aryl methyl sites for hydroxylation is 2. The fourth-order valence-electron chi connectivity index (χ4n) is 1.07. The molecule has 14 heavy (non-hydrogen) atoms. The Labute approximate surface area is 79.5 Å². The van der Waals surface area contributed by atoms with Gasteiger partial charge in [0, 0.05) is 12.6 Å². The van der Waals surface area contributed by atoms with Crippen molar-refractivity contribution in [1.82, 2.24) is 9.78 Å². The number of halogens is 3. The van der Waals surface area contributed by atoms with Crippen LogP contribution in [-0.4, -0.2) is 16.1 Å². The first-order chi connectivity index (χ1) is 6.44. The summed E-state index contributed by atoms with van der Waals surface area (Å²) in [7, 11) is 1.39. The Morgan fingerprint density at radius 1 is 1.50 bits per heavy atom. The van der Waals surface area contributed by atoms with E-state index < -0.39 is 6.36 Å². The summed E-state index contributed by atoms with van der Waals surface area (Å²) in [4.78, 5) is 0. The van der Waals surface area contributed by atoms with Crippen LogP contribution in [0.1, 0.15) is 18.9 Å². The zero-order chi connectivity index (χ0) is 10.8. The zero-order valence-corrected chi connectivity index (χ0v) is 7.85. The maximum Gasteiger partial charge on any atom is 0.574 e. The topological polar surface area (TPSA) is 27.1 Å². The molecule has 0 aliphatic heterocycles. The molecule has 0 fully saturated rings. The predicted octanol–water partition coefficient (Wildman–Crippen LogP) is 2.07. The first-order valence-electron chi connectivity index (χ1n) is 4.13. The molecule has 0 aliphatic rings. The van der Waals surface area contributed by atoms with Gasteiger partial charge in [-0.1, -0.05) is 13.3 Å². The summed E-state index contributed by atoms with van der Waals surface area (Å²) in [6.07, 6.45) is -1.00. The smallest absolute Gasteiger partial charge is 0.388 e. The monoisotopic (exact) mass is 207 g/mol. The van der Waals surface area contributed by atoms with E-state index in [1.54, 1.807) is 0 Å². The summed E-state index contributed by atoms with van der Waals surface area (Å²) in [6, 6.07) is 0. The molecule has 0 bridgehead atoms. The molecular weight excluding hydrogens is 197 g/mol. The summed E-state index contributed by atoms with van der Waals surface area (Å²) in [5, 5.41) is 3.59. The van der Waals surface area contributed by atoms with E-state index in [1.165, 1.54) is 7.05 Å². The minimum Gasteiger partial charge on any atom is -0.388 e. The molecule has 0 saturated carbocycles. The number of aromatic nitrogens is 2. The van der Waals surface area contributed by atoms with E-state index in [9.17, 15) is 13.2 Å². The molecule has 0 aliphatic carbocycles. The third kappa shape index (κ3) is 2.65. The van der Waals surface area contributed by atoms with Crippen LogP contribution >= 0.6 is 0 Å². The highest BCUT2D eigenvalue weighted by atomic mass is 19.4. The SMILES string of the molecule is CCCc1[c]nn(C)c1OC(F)(F)F. The second-order valence-electron chi connectivity index (χ2n) is 2.82. The summed E-state index contributed by atoms with van der Waals surface area (Å²) in [5.74, 6) is -0.278. The summed E-state index contributed by atoms with van der Waals surface area (Å²) in [6.45, 7) is 1.86. The standard InChI is InChI=1S/C8H10F3N2O/c1-3-4-6-5-12-13(2)7(6)14-8(9,10)11/h3-4H2,1-2H3. The number of nitrogens with zero attached hydrogens (tertiary/aromatic N) is 2. The Kier molecular flexibility index (Phi) is 3.03. The molecule has 1 rings (SSSR count). The van der Waals surface area contributed by atoms with Gasteiger partial charge in [-0.25, -0.2) is 4.68 Å². The van der Waals surface area contributed by atoms with Crippen LogP contribution in [0.15, 0.2) is 0 Å². The van der Waals surface area contributed by atoms with Crippen molar-refractivity contribution < 1.29 is 17.9 Å². The van der Waals surface area contributed by atoms with Crippen LogP contribution in [0.2, 0.25) is 0 Å². The van der Waals surface area contributed by atoms with Gasteiger partial charge in [0.1, 0.15) is 6.20 Å². The van der Waals surface area contributed by atoms with Crippen LogP contribution in [-0.2, 0) is 13.5 Å². The van der Waals surface area contributed by atoms with E-state index in [1.807, 2.05) is 6.92 Å². The van der Waals surface area contributed by atoms with E-state index in [0.717, 1.165) is 11.1 Å². The van der Waals surface area contributed by atoms with Gasteiger partial charge < -0.3 is 4.74 Å². The first kappa shape index (κ1) is 10.9. The second-order valence-corrected chi connectivity index (χ2v) is 2.82. The lowest BCUT2D eigenvalue weighted by atomic mass is 10.2. The van der Waals surface area contributed by atoms with Gasteiger partial charge in [-0.2, -0.15) is 5.10 Å². The van der Waals surface area contributed by atoms with E-state index in [2.05, 4.69) is 16.0 Å². The minimum absolute atomic E-state index is 0.278. The Balaban J connectivity index is 2.88. The van der Waals surface area contributed by atoms with E-state index in [4.69, 9.17) is 0 Å². The third-order valence-corrected chi connectivity index (χ3v) is 1.60. The first-order valence-corrected chi connectivity index (χ1v) is 4.13. The fraction of sp³-hybridized carbons (Fsp3) is 0.625. The van der Waals surface area contributed by atoms with Gasteiger partial charge in [-0.05, 0) is 6.42 Å². The van der Waals surface area contributed by atoms with E-state index >= 15 is 0 Å². The van der Waals surface area contributed by atoms with Crippen molar-refractivity contribution in [2.75, 3.05) is 0 Å². The average Bonchev–Trinajstić information content (AvgIpc) is 2.34. The van der Waals surface area contributed by atoms with E-state index in [0.29, 0.717) is 12.0 Å². The van der Waals surface area contributed by atoms with Crippen LogP contribution in [0.5, 0.6) is 5.88 Å². The number of alkyl halides is 3. The molecule has 79 valence electrons. The number of hydrogen-bond acceptors (Lipinski definition) is 2. The van der Waals surface area contributed by atoms with Crippen molar-refractivity contribution in [2.45, 2.75) is 26.1 Å². The molecule has 0 saturated heterocycles. The number of ether oxygens (including phenoxy) is 1. The molecule has 1 aromatic rings. The zero-order valence-electron chi connectivity index (χ0n) is 7.85. The highest BCUT2D eigenvalue weighted by Crippen LogP contribution is 2.25. The lowest BCUT2D eigenvalue weighted by Gasteiger charge is -2.10. The van der Waals surface area contributed by atoms with Gasteiger partial charge in [-0.3, -0.25) is 0 Å². The van der Waals surface area contributed by atoms with Crippen molar-refractivity contribution in [3.05, 3.63) is 11.8 Å². The minimum atomic E-state index is -4.68. The van der Waals surface area contributed by atoms with Crippen LogP contribution < -0.4 is 4.74 Å². The van der Waals surface area contributed by atoms with Gasteiger partial charge in [0.2, 0.25) is 5.88 Å². The summed E-state index contributed by atoms with van der Waals surface area (Å²) < 4.78 is 40.7. The van der Waals surface area contributed by atoms with Crippen LogP contribution in [0.25, 0.3) is 0 Å². The Bertz CT molecular complexity index is 306.